The molecule has 0 radical (unpaired) electrons. The Hall–Kier alpha value is -3.29. The number of imide groups is 2. The highest BCUT2D eigenvalue weighted by molar-refractivity contribution is 6.23. The smallest absolute Gasteiger partial charge is 0.330 e. The van der Waals surface area contributed by atoms with Crippen molar-refractivity contribution in [2.24, 2.45) is 0 Å². The lowest BCUT2D eigenvalue weighted by molar-refractivity contribution is -0.136. The number of benzene rings is 1. The van der Waals surface area contributed by atoms with Crippen molar-refractivity contribution in [1.82, 2.24) is 10.2 Å². The number of methoxy groups -OCH3 is 1. The van der Waals surface area contributed by atoms with Crippen LogP contribution in [0.25, 0.3) is 6.08 Å². The average molecular weight is 342 g/mol. The van der Waals surface area contributed by atoms with Gasteiger partial charge in [-0.2, -0.15) is 0 Å². The molecule has 1 N–H and O–H groups in total. The van der Waals surface area contributed by atoms with Crippen molar-refractivity contribution >= 4 is 35.7 Å². The van der Waals surface area contributed by atoms with Crippen molar-refractivity contribution in [1.29, 1.82) is 0 Å². The molecule has 1 atom stereocenters. The fourth-order valence-corrected chi connectivity index (χ4v) is 2.82. The second kappa shape index (κ2) is 6.31. The predicted octanol–water partition coefficient (Wildman–Crippen LogP) is 0.274. The van der Waals surface area contributed by atoms with E-state index in [4.69, 9.17) is 0 Å². The summed E-state index contributed by atoms with van der Waals surface area (Å²) in [5.41, 5.74) is 0.877. The zero-order chi connectivity index (χ0) is 18.1. The van der Waals surface area contributed by atoms with Gasteiger partial charge in [-0.05, 0) is 30.2 Å². The first-order valence-electron chi connectivity index (χ1n) is 7.54. The van der Waals surface area contributed by atoms with Gasteiger partial charge in [0.05, 0.1) is 18.2 Å². The Balaban J connectivity index is 1.89. The van der Waals surface area contributed by atoms with Gasteiger partial charge < -0.3 is 4.74 Å². The van der Waals surface area contributed by atoms with Crippen LogP contribution in [0, 0.1) is 0 Å². The van der Waals surface area contributed by atoms with Gasteiger partial charge in [-0.3, -0.25) is 29.4 Å². The minimum atomic E-state index is -1.00. The number of esters is 1. The third-order valence-corrected chi connectivity index (χ3v) is 4.08. The van der Waals surface area contributed by atoms with E-state index in [1.165, 1.54) is 31.4 Å². The molecule has 1 fully saturated rings. The van der Waals surface area contributed by atoms with Crippen LogP contribution in [0.1, 0.15) is 39.1 Å². The zero-order valence-electron chi connectivity index (χ0n) is 13.3. The van der Waals surface area contributed by atoms with Crippen LogP contribution < -0.4 is 5.32 Å². The summed E-state index contributed by atoms with van der Waals surface area (Å²) in [6.45, 7) is 0. The van der Waals surface area contributed by atoms with Crippen LogP contribution in [0.15, 0.2) is 24.3 Å². The lowest BCUT2D eigenvalue weighted by Gasteiger charge is -2.27. The standard InChI is InChI=1S/C17H14N2O6/c1-25-14(21)7-3-9-2-4-10-11(8-9)17(24)19(16(10)23)12-5-6-13(20)18-15(12)22/h2-4,7-8,12H,5-6H2,1H3,(H,18,20,22)/b7-3+. The molecule has 8 nitrogen and oxygen atoms in total. The van der Waals surface area contributed by atoms with E-state index in [0.29, 0.717) is 5.56 Å². The molecule has 1 saturated heterocycles. The number of hydrogen-bond acceptors (Lipinski definition) is 6. The summed E-state index contributed by atoms with van der Waals surface area (Å²) in [5, 5.41) is 2.14. The Bertz CT molecular complexity index is 842. The van der Waals surface area contributed by atoms with Crippen molar-refractivity contribution < 1.29 is 28.7 Å². The summed E-state index contributed by atoms with van der Waals surface area (Å²) < 4.78 is 4.49. The lowest BCUT2D eigenvalue weighted by Crippen LogP contribution is -2.54. The van der Waals surface area contributed by atoms with Gasteiger partial charge in [0, 0.05) is 12.5 Å². The number of nitrogens with one attached hydrogen (secondary N) is 1. The maximum absolute atomic E-state index is 12.6. The number of piperidine rings is 1. The number of fused-ring (bicyclic) bond motifs is 1. The van der Waals surface area contributed by atoms with Gasteiger partial charge >= 0.3 is 5.97 Å². The highest BCUT2D eigenvalue weighted by Crippen LogP contribution is 2.28. The minimum absolute atomic E-state index is 0.0664. The van der Waals surface area contributed by atoms with Gasteiger partial charge in [0.2, 0.25) is 11.8 Å². The lowest BCUT2D eigenvalue weighted by atomic mass is 10.0. The molecule has 2 heterocycles. The van der Waals surface area contributed by atoms with E-state index in [0.717, 1.165) is 4.90 Å². The van der Waals surface area contributed by atoms with E-state index in [1.807, 2.05) is 0 Å². The maximum Gasteiger partial charge on any atom is 0.330 e. The summed E-state index contributed by atoms with van der Waals surface area (Å²) in [4.78, 5) is 60.4. The molecule has 2 aliphatic rings. The number of carbonyl (C=O) groups is 5. The van der Waals surface area contributed by atoms with E-state index in [2.05, 4.69) is 10.1 Å². The second-order valence-corrected chi connectivity index (χ2v) is 5.61. The first-order chi connectivity index (χ1) is 11.9. The first kappa shape index (κ1) is 16.6. The Kier molecular flexibility index (Phi) is 4.18. The van der Waals surface area contributed by atoms with Crippen LogP contribution in [0.4, 0.5) is 0 Å². The van der Waals surface area contributed by atoms with Gasteiger partial charge in [0.1, 0.15) is 6.04 Å². The summed E-state index contributed by atoms with van der Waals surface area (Å²) in [6.07, 6.45) is 2.82. The largest absolute Gasteiger partial charge is 0.466 e. The normalized spacial score (nSPS) is 20.0. The van der Waals surface area contributed by atoms with Crippen LogP contribution >= 0.6 is 0 Å². The van der Waals surface area contributed by atoms with Crippen molar-refractivity contribution in [2.75, 3.05) is 7.11 Å². The number of hydrogen-bond donors (Lipinski definition) is 1. The summed E-state index contributed by atoms with van der Waals surface area (Å²) in [7, 11) is 1.25. The molecule has 3 rings (SSSR count). The van der Waals surface area contributed by atoms with Gasteiger partial charge in [-0.1, -0.05) is 6.07 Å². The molecule has 1 unspecified atom stereocenters. The Morgan fingerprint density at radius 3 is 2.60 bits per heavy atom. The second-order valence-electron chi connectivity index (χ2n) is 5.61. The molecular weight excluding hydrogens is 328 g/mol. The first-order valence-corrected chi connectivity index (χ1v) is 7.54. The monoisotopic (exact) mass is 342 g/mol. The number of amides is 4. The molecule has 0 aromatic heterocycles. The quantitative estimate of drug-likeness (QED) is 0.480. The van der Waals surface area contributed by atoms with E-state index in [-0.39, 0.29) is 24.0 Å². The van der Waals surface area contributed by atoms with Crippen molar-refractivity contribution in [3.8, 4) is 0 Å². The fourth-order valence-electron chi connectivity index (χ4n) is 2.82. The third kappa shape index (κ3) is 2.93. The Morgan fingerprint density at radius 1 is 1.20 bits per heavy atom. The molecule has 1 aromatic rings. The molecule has 2 aliphatic heterocycles. The molecule has 0 bridgehead atoms. The van der Waals surface area contributed by atoms with Gasteiger partial charge in [0.25, 0.3) is 11.8 Å². The molecule has 4 amide bonds. The van der Waals surface area contributed by atoms with Crippen LogP contribution in [0.5, 0.6) is 0 Å². The van der Waals surface area contributed by atoms with E-state index >= 15 is 0 Å². The highest BCUT2D eigenvalue weighted by atomic mass is 16.5. The van der Waals surface area contributed by atoms with E-state index in [1.54, 1.807) is 6.07 Å². The van der Waals surface area contributed by atoms with Crippen LogP contribution in [0.2, 0.25) is 0 Å². The maximum atomic E-state index is 12.6. The fraction of sp³-hybridized carbons (Fsp3) is 0.235. The molecule has 0 saturated carbocycles. The van der Waals surface area contributed by atoms with Gasteiger partial charge in [0.15, 0.2) is 0 Å². The van der Waals surface area contributed by atoms with Gasteiger partial charge in [-0.15, -0.1) is 0 Å². The Morgan fingerprint density at radius 2 is 1.92 bits per heavy atom. The van der Waals surface area contributed by atoms with E-state index < -0.39 is 35.6 Å². The Labute approximate surface area is 142 Å². The van der Waals surface area contributed by atoms with Crippen LogP contribution in [0.3, 0.4) is 0 Å². The zero-order valence-corrected chi connectivity index (χ0v) is 13.3. The van der Waals surface area contributed by atoms with Gasteiger partial charge in [-0.25, -0.2) is 4.79 Å². The number of carbonyl (C=O) groups excluding carboxylic acids is 5. The number of nitrogens with zero attached hydrogens (tertiary/aromatic N) is 1. The van der Waals surface area contributed by atoms with Crippen LogP contribution in [-0.2, 0) is 19.1 Å². The summed E-state index contributed by atoms with van der Waals surface area (Å²) >= 11 is 0. The van der Waals surface area contributed by atoms with Crippen molar-refractivity contribution in [3.63, 3.8) is 0 Å². The number of rotatable bonds is 3. The molecule has 0 aliphatic carbocycles. The van der Waals surface area contributed by atoms with Crippen LogP contribution in [-0.4, -0.2) is 47.6 Å². The highest BCUT2D eigenvalue weighted by Gasteiger charge is 2.44. The summed E-state index contributed by atoms with van der Waals surface area (Å²) in [5.74, 6) is -2.79. The topological polar surface area (TPSA) is 110 Å². The average Bonchev–Trinajstić information content (AvgIpc) is 2.84. The molecule has 8 heteroatoms. The SMILES string of the molecule is COC(=O)/C=C/c1ccc2c(c1)C(=O)N(C1CCC(=O)NC1=O)C2=O. The molecule has 128 valence electrons. The number of ether oxygens (including phenoxy) is 1. The minimum Gasteiger partial charge on any atom is -0.466 e. The molecular formula is C17H14N2O6. The van der Waals surface area contributed by atoms with E-state index in [9.17, 15) is 24.0 Å². The van der Waals surface area contributed by atoms with Crippen molar-refractivity contribution in [3.05, 3.63) is 41.0 Å². The third-order valence-electron chi connectivity index (χ3n) is 4.08. The summed E-state index contributed by atoms with van der Waals surface area (Å²) in [6, 6.07) is 3.52. The molecule has 0 spiro atoms. The molecule has 1 aromatic carbocycles. The van der Waals surface area contributed by atoms with Crippen molar-refractivity contribution in [2.45, 2.75) is 18.9 Å². The molecule has 25 heavy (non-hydrogen) atoms. The predicted molar refractivity (Wildman–Crippen MR) is 84.2 cm³/mol.